The largest absolute Gasteiger partial charge is 0.494 e. The van der Waals surface area contributed by atoms with Gasteiger partial charge in [0.15, 0.2) is 0 Å². The molecular formula is C19H22Cl2N2O4S. The molecule has 6 nitrogen and oxygen atoms in total. The first-order valence-electron chi connectivity index (χ1n) is 8.65. The number of nitrogens with one attached hydrogen (secondary N) is 1. The van der Waals surface area contributed by atoms with E-state index in [4.69, 9.17) is 27.9 Å². The average molecular weight is 445 g/mol. The molecule has 0 saturated carbocycles. The van der Waals surface area contributed by atoms with Crippen molar-refractivity contribution < 1.29 is 17.9 Å². The Hall–Kier alpha value is -1.96. The van der Waals surface area contributed by atoms with Gasteiger partial charge in [0, 0.05) is 5.02 Å². The van der Waals surface area contributed by atoms with Crippen molar-refractivity contribution in [3.63, 3.8) is 0 Å². The first kappa shape index (κ1) is 22.3. The lowest BCUT2D eigenvalue weighted by atomic mass is 10.1. The summed E-state index contributed by atoms with van der Waals surface area (Å²) in [6, 6.07) is 10.2. The number of hydrogen-bond acceptors (Lipinski definition) is 4. The molecule has 0 unspecified atom stereocenters. The molecule has 0 heterocycles. The summed E-state index contributed by atoms with van der Waals surface area (Å²) in [5, 5.41) is 3.38. The number of carbonyl (C=O) groups is 1. The predicted molar refractivity (Wildman–Crippen MR) is 114 cm³/mol. The minimum absolute atomic E-state index is 0.254. The summed E-state index contributed by atoms with van der Waals surface area (Å²) in [4.78, 5) is 12.9. The number of sulfonamides is 1. The van der Waals surface area contributed by atoms with E-state index in [0.717, 1.165) is 10.6 Å². The van der Waals surface area contributed by atoms with E-state index in [1.54, 1.807) is 43.3 Å². The molecule has 1 N–H and O–H groups in total. The highest BCUT2D eigenvalue weighted by Gasteiger charge is 2.31. The van der Waals surface area contributed by atoms with Gasteiger partial charge in [0.2, 0.25) is 15.9 Å². The fraction of sp³-hybridized carbons (Fsp3) is 0.316. The summed E-state index contributed by atoms with van der Waals surface area (Å²) in [5.41, 5.74) is 0.683. The van der Waals surface area contributed by atoms with Crippen molar-refractivity contribution in [1.82, 2.24) is 0 Å². The lowest BCUT2D eigenvalue weighted by Gasteiger charge is -2.30. The Bertz CT molecular complexity index is 933. The number of nitrogens with zero attached hydrogens (tertiary/aromatic N) is 1. The molecule has 2 aromatic rings. The molecular weight excluding hydrogens is 423 g/mol. The maximum Gasteiger partial charge on any atom is 0.248 e. The Kier molecular flexibility index (Phi) is 7.57. The van der Waals surface area contributed by atoms with Gasteiger partial charge in [-0.15, -0.1) is 0 Å². The molecule has 0 aliphatic heterocycles. The minimum Gasteiger partial charge on any atom is -0.494 e. The number of hydrogen-bond donors (Lipinski definition) is 1. The van der Waals surface area contributed by atoms with Crippen molar-refractivity contribution in [2.45, 2.75) is 26.3 Å². The van der Waals surface area contributed by atoms with Gasteiger partial charge in [-0.25, -0.2) is 8.42 Å². The highest BCUT2D eigenvalue weighted by atomic mass is 35.5. The van der Waals surface area contributed by atoms with E-state index in [1.165, 1.54) is 6.07 Å². The van der Waals surface area contributed by atoms with Crippen molar-refractivity contribution in [2.24, 2.45) is 0 Å². The third-order valence-electron chi connectivity index (χ3n) is 3.92. The van der Waals surface area contributed by atoms with Crippen molar-refractivity contribution >= 4 is 50.5 Å². The molecule has 2 aromatic carbocycles. The summed E-state index contributed by atoms with van der Waals surface area (Å²) < 4.78 is 31.5. The zero-order chi connectivity index (χ0) is 20.9. The highest BCUT2D eigenvalue weighted by Crippen LogP contribution is 2.28. The lowest BCUT2D eigenvalue weighted by molar-refractivity contribution is -0.117. The van der Waals surface area contributed by atoms with E-state index in [-0.39, 0.29) is 6.42 Å². The van der Waals surface area contributed by atoms with Crippen LogP contribution in [0, 0.1) is 0 Å². The van der Waals surface area contributed by atoms with Crippen LogP contribution >= 0.6 is 23.2 Å². The summed E-state index contributed by atoms with van der Waals surface area (Å²) >= 11 is 12.1. The quantitative estimate of drug-likeness (QED) is 0.646. The SMILES string of the molecule is CCOc1ccc(N([C@H](CC)C(=O)Nc2cc(Cl)ccc2Cl)S(C)(=O)=O)cc1. The molecule has 152 valence electrons. The Morgan fingerprint density at radius 2 is 1.79 bits per heavy atom. The number of benzene rings is 2. The van der Waals surface area contributed by atoms with Crippen LogP contribution in [0.3, 0.4) is 0 Å². The van der Waals surface area contributed by atoms with Crippen LogP contribution in [0.4, 0.5) is 11.4 Å². The topological polar surface area (TPSA) is 75.7 Å². The minimum atomic E-state index is -3.74. The zero-order valence-corrected chi connectivity index (χ0v) is 18.1. The van der Waals surface area contributed by atoms with Gasteiger partial charge in [0.1, 0.15) is 11.8 Å². The maximum atomic E-state index is 12.9. The monoisotopic (exact) mass is 444 g/mol. The first-order valence-corrected chi connectivity index (χ1v) is 11.3. The van der Waals surface area contributed by atoms with Crippen LogP contribution in [0.15, 0.2) is 42.5 Å². The van der Waals surface area contributed by atoms with Crippen LogP contribution in [0.25, 0.3) is 0 Å². The van der Waals surface area contributed by atoms with E-state index in [1.807, 2.05) is 6.92 Å². The van der Waals surface area contributed by atoms with Crippen LogP contribution in [0.1, 0.15) is 20.3 Å². The van der Waals surface area contributed by atoms with Crippen LogP contribution in [-0.4, -0.2) is 33.2 Å². The third kappa shape index (κ3) is 5.53. The second-order valence-electron chi connectivity index (χ2n) is 6.02. The second kappa shape index (κ2) is 9.49. The highest BCUT2D eigenvalue weighted by molar-refractivity contribution is 7.92. The van der Waals surface area contributed by atoms with Gasteiger partial charge in [-0.05, 0) is 55.8 Å². The number of halogens is 2. The lowest BCUT2D eigenvalue weighted by Crippen LogP contribution is -2.47. The molecule has 0 radical (unpaired) electrons. The van der Waals surface area contributed by atoms with Crippen LogP contribution in [-0.2, 0) is 14.8 Å². The number of rotatable bonds is 8. The molecule has 28 heavy (non-hydrogen) atoms. The number of ether oxygens (including phenoxy) is 1. The molecule has 0 bridgehead atoms. The van der Waals surface area contributed by atoms with Gasteiger partial charge in [0.25, 0.3) is 0 Å². The standard InChI is InChI=1S/C19H22Cl2N2O4S/c1-4-18(19(24)22-17-12-13(20)6-11-16(17)21)23(28(3,25)26)14-7-9-15(10-8-14)27-5-2/h6-12,18H,4-5H2,1-3H3,(H,22,24)/t18-/m1/s1. The molecule has 9 heteroatoms. The van der Waals surface area contributed by atoms with E-state index in [2.05, 4.69) is 5.32 Å². The van der Waals surface area contributed by atoms with Gasteiger partial charge in [0.05, 0.1) is 29.3 Å². The second-order valence-corrected chi connectivity index (χ2v) is 8.73. The molecule has 0 saturated heterocycles. The Morgan fingerprint density at radius 3 is 2.32 bits per heavy atom. The number of carbonyl (C=O) groups excluding carboxylic acids is 1. The average Bonchev–Trinajstić information content (AvgIpc) is 2.62. The molecule has 0 aromatic heterocycles. The maximum absolute atomic E-state index is 12.9. The van der Waals surface area contributed by atoms with E-state index >= 15 is 0 Å². The van der Waals surface area contributed by atoms with E-state index < -0.39 is 22.0 Å². The fourth-order valence-electron chi connectivity index (χ4n) is 2.73. The fourth-order valence-corrected chi connectivity index (χ4v) is 4.27. The van der Waals surface area contributed by atoms with Gasteiger partial charge in [-0.3, -0.25) is 9.10 Å². The van der Waals surface area contributed by atoms with E-state index in [9.17, 15) is 13.2 Å². The summed E-state index contributed by atoms with van der Waals surface area (Å²) in [5.74, 6) is 0.105. The van der Waals surface area contributed by atoms with Gasteiger partial charge in [-0.2, -0.15) is 0 Å². The molecule has 0 aliphatic carbocycles. The Balaban J connectivity index is 2.37. The summed E-state index contributed by atoms with van der Waals surface area (Å²) in [7, 11) is -3.74. The predicted octanol–water partition coefficient (Wildman–Crippen LogP) is 4.58. The molecule has 0 fully saturated rings. The third-order valence-corrected chi connectivity index (χ3v) is 5.66. The summed E-state index contributed by atoms with van der Waals surface area (Å²) in [6.45, 7) is 4.08. The van der Waals surface area contributed by atoms with Crippen molar-refractivity contribution in [2.75, 3.05) is 22.5 Å². The van der Waals surface area contributed by atoms with Crippen molar-refractivity contribution in [1.29, 1.82) is 0 Å². The zero-order valence-electron chi connectivity index (χ0n) is 15.8. The molecule has 0 aliphatic rings. The molecule has 2 rings (SSSR count). The van der Waals surface area contributed by atoms with Gasteiger partial charge < -0.3 is 10.1 Å². The summed E-state index contributed by atoms with van der Waals surface area (Å²) in [6.07, 6.45) is 1.32. The van der Waals surface area contributed by atoms with Gasteiger partial charge >= 0.3 is 0 Å². The Morgan fingerprint density at radius 1 is 1.14 bits per heavy atom. The normalized spacial score (nSPS) is 12.3. The van der Waals surface area contributed by atoms with Crippen molar-refractivity contribution in [3.05, 3.63) is 52.5 Å². The van der Waals surface area contributed by atoms with Crippen LogP contribution in [0.2, 0.25) is 10.0 Å². The Labute approximate surface area is 175 Å². The van der Waals surface area contributed by atoms with E-state index in [0.29, 0.717) is 33.8 Å². The van der Waals surface area contributed by atoms with Crippen molar-refractivity contribution in [3.8, 4) is 5.75 Å². The van der Waals surface area contributed by atoms with Crippen LogP contribution < -0.4 is 14.4 Å². The van der Waals surface area contributed by atoms with Crippen LogP contribution in [0.5, 0.6) is 5.75 Å². The number of anilines is 2. The first-order chi connectivity index (χ1) is 13.2. The molecule has 0 spiro atoms. The molecule has 1 atom stereocenters. The smallest absolute Gasteiger partial charge is 0.248 e. The number of amides is 1. The molecule has 1 amide bonds. The van der Waals surface area contributed by atoms with Gasteiger partial charge in [-0.1, -0.05) is 30.1 Å².